The highest BCUT2D eigenvalue weighted by Crippen LogP contribution is 2.66. The number of hydrogen-bond acceptors (Lipinski definition) is 6. The number of benzene rings is 3. The first-order valence-corrected chi connectivity index (χ1v) is 15.3. The summed E-state index contributed by atoms with van der Waals surface area (Å²) in [6, 6.07) is 15.5. The zero-order valence-electron chi connectivity index (χ0n) is 23.5. The van der Waals surface area contributed by atoms with Crippen molar-refractivity contribution in [2.24, 2.45) is 17.8 Å². The maximum absolute atomic E-state index is 14.4. The molecular weight excluding hydrogens is 646 g/mol. The molecule has 45 heavy (non-hydrogen) atoms. The predicted octanol–water partition coefficient (Wildman–Crippen LogP) is 5.96. The minimum Gasteiger partial charge on any atom is -0.508 e. The fourth-order valence-corrected chi connectivity index (χ4v) is 8.54. The number of nitrogens with zero attached hydrogens (tertiary/aromatic N) is 2. The SMILES string of the molecule is COc1ccc(C2C3=CCC4C(=O)N(c5ccc(Cl)cc5)C(=O)C4C3CC3(Cl)C(=O)N(c4ccc(F)cc4)C(=O)C23Cl)c(O)c1. The summed E-state index contributed by atoms with van der Waals surface area (Å²) in [5.74, 6) is -6.74. The number of phenolic OH excluding ortho intramolecular Hbond substituents is 1. The van der Waals surface area contributed by atoms with Crippen LogP contribution in [0.1, 0.15) is 24.3 Å². The van der Waals surface area contributed by atoms with E-state index in [1.807, 2.05) is 0 Å². The van der Waals surface area contributed by atoms with Crippen molar-refractivity contribution in [3.8, 4) is 11.5 Å². The van der Waals surface area contributed by atoms with E-state index in [4.69, 9.17) is 39.5 Å². The Morgan fingerprint density at radius 1 is 0.867 bits per heavy atom. The first-order chi connectivity index (χ1) is 21.4. The van der Waals surface area contributed by atoms with Crippen molar-refractivity contribution < 1.29 is 33.4 Å². The number of carbonyl (C=O) groups excluding carboxylic acids is 4. The van der Waals surface area contributed by atoms with Gasteiger partial charge in [0, 0.05) is 22.6 Å². The molecule has 4 aliphatic rings. The second-order valence-corrected chi connectivity index (χ2v) is 13.3. The molecule has 3 aromatic carbocycles. The molecule has 2 aliphatic carbocycles. The topological polar surface area (TPSA) is 104 Å². The number of ether oxygens (including phenoxy) is 1. The molecule has 2 heterocycles. The highest BCUT2D eigenvalue weighted by molar-refractivity contribution is 6.58. The van der Waals surface area contributed by atoms with Crippen molar-refractivity contribution in [1.82, 2.24) is 0 Å². The van der Waals surface area contributed by atoms with Gasteiger partial charge in [0.05, 0.1) is 30.3 Å². The van der Waals surface area contributed by atoms with Crippen LogP contribution in [0, 0.1) is 23.6 Å². The second-order valence-electron chi connectivity index (χ2n) is 11.7. The van der Waals surface area contributed by atoms with Crippen molar-refractivity contribution in [2.45, 2.75) is 28.5 Å². The van der Waals surface area contributed by atoms with Gasteiger partial charge >= 0.3 is 0 Å². The number of aromatic hydroxyl groups is 1. The van der Waals surface area contributed by atoms with Crippen LogP contribution in [-0.4, -0.2) is 45.6 Å². The summed E-state index contributed by atoms with van der Waals surface area (Å²) < 4.78 is 19.1. The quantitative estimate of drug-likeness (QED) is 0.209. The lowest BCUT2D eigenvalue weighted by molar-refractivity contribution is -0.125. The molecule has 0 aromatic heterocycles. The molecule has 0 radical (unpaired) electrons. The Kier molecular flexibility index (Phi) is 6.82. The van der Waals surface area contributed by atoms with Crippen LogP contribution in [0.3, 0.4) is 0 Å². The number of carbonyl (C=O) groups is 4. The van der Waals surface area contributed by atoms with Gasteiger partial charge in [-0.2, -0.15) is 0 Å². The first kappa shape index (κ1) is 29.8. The molecule has 7 rings (SSSR count). The Labute approximate surface area is 271 Å². The van der Waals surface area contributed by atoms with Crippen LogP contribution in [0.2, 0.25) is 5.02 Å². The third-order valence-corrected chi connectivity index (χ3v) is 11.2. The van der Waals surface area contributed by atoms with Gasteiger partial charge in [0.25, 0.3) is 11.8 Å². The van der Waals surface area contributed by atoms with Gasteiger partial charge in [0.1, 0.15) is 17.3 Å². The van der Waals surface area contributed by atoms with E-state index in [0.29, 0.717) is 22.0 Å². The number of amides is 4. The smallest absolute Gasteiger partial charge is 0.258 e. The van der Waals surface area contributed by atoms with Gasteiger partial charge < -0.3 is 9.84 Å². The summed E-state index contributed by atoms with van der Waals surface area (Å²) in [5, 5.41) is 11.7. The molecular formula is C33H24Cl3FN2O6. The van der Waals surface area contributed by atoms with Crippen molar-refractivity contribution in [3.05, 3.63) is 94.8 Å². The molecule has 6 atom stereocenters. The Bertz CT molecular complexity index is 1830. The van der Waals surface area contributed by atoms with Crippen LogP contribution < -0.4 is 14.5 Å². The number of anilines is 2. The Morgan fingerprint density at radius 2 is 1.51 bits per heavy atom. The number of allylic oxidation sites excluding steroid dienone is 2. The average Bonchev–Trinajstić information content (AvgIpc) is 3.36. The normalized spacial score (nSPS) is 30.6. The molecule has 2 aliphatic heterocycles. The molecule has 1 saturated carbocycles. The number of halogens is 4. The summed E-state index contributed by atoms with van der Waals surface area (Å²) in [7, 11) is 1.43. The fraction of sp³-hybridized carbons (Fsp3) is 0.273. The number of rotatable bonds is 4. The van der Waals surface area contributed by atoms with E-state index < -0.39 is 62.9 Å². The molecule has 0 spiro atoms. The summed E-state index contributed by atoms with van der Waals surface area (Å²) >= 11 is 20.7. The van der Waals surface area contributed by atoms with E-state index in [9.17, 15) is 28.7 Å². The molecule has 1 N–H and O–H groups in total. The van der Waals surface area contributed by atoms with Gasteiger partial charge in [-0.25, -0.2) is 9.29 Å². The van der Waals surface area contributed by atoms with Gasteiger partial charge in [-0.3, -0.25) is 24.1 Å². The number of alkyl halides is 2. The molecule has 3 fully saturated rings. The molecule has 3 aromatic rings. The predicted molar refractivity (Wildman–Crippen MR) is 165 cm³/mol. The number of hydrogen-bond donors (Lipinski definition) is 1. The minimum atomic E-state index is -2.16. The van der Waals surface area contributed by atoms with Crippen molar-refractivity contribution >= 4 is 69.8 Å². The minimum absolute atomic E-state index is 0.0643. The molecule has 2 saturated heterocycles. The molecule has 12 heteroatoms. The Morgan fingerprint density at radius 3 is 2.16 bits per heavy atom. The molecule has 230 valence electrons. The van der Waals surface area contributed by atoms with E-state index in [0.717, 1.165) is 21.9 Å². The van der Waals surface area contributed by atoms with Crippen LogP contribution in [0.15, 0.2) is 78.4 Å². The largest absolute Gasteiger partial charge is 0.508 e. The molecule has 0 bridgehead atoms. The van der Waals surface area contributed by atoms with Crippen LogP contribution >= 0.6 is 34.8 Å². The second kappa shape index (κ2) is 10.3. The first-order valence-electron chi connectivity index (χ1n) is 14.1. The van der Waals surface area contributed by atoms with Gasteiger partial charge in [-0.15, -0.1) is 23.2 Å². The molecule has 8 nitrogen and oxygen atoms in total. The number of methoxy groups -OCH3 is 1. The average molecular weight is 670 g/mol. The monoisotopic (exact) mass is 668 g/mol. The van der Waals surface area contributed by atoms with Gasteiger partial charge in [-0.1, -0.05) is 29.3 Å². The Hall–Kier alpha value is -3.92. The van der Waals surface area contributed by atoms with Crippen LogP contribution in [0.25, 0.3) is 0 Å². The van der Waals surface area contributed by atoms with Crippen molar-refractivity contribution in [1.29, 1.82) is 0 Å². The van der Waals surface area contributed by atoms with Crippen LogP contribution in [-0.2, 0) is 19.2 Å². The highest BCUT2D eigenvalue weighted by Gasteiger charge is 2.77. The summed E-state index contributed by atoms with van der Waals surface area (Å²) in [5.41, 5.74) is 1.13. The lowest BCUT2D eigenvalue weighted by Gasteiger charge is -2.50. The lowest BCUT2D eigenvalue weighted by atomic mass is 9.56. The molecule has 6 unspecified atom stereocenters. The van der Waals surface area contributed by atoms with Crippen molar-refractivity contribution in [2.75, 3.05) is 16.9 Å². The number of imide groups is 2. The maximum Gasteiger partial charge on any atom is 0.258 e. The van der Waals surface area contributed by atoms with E-state index in [2.05, 4.69) is 0 Å². The summed E-state index contributed by atoms with van der Waals surface area (Å²) in [4.78, 5) is 54.2. The third kappa shape index (κ3) is 4.03. The van der Waals surface area contributed by atoms with Gasteiger partial charge in [0.15, 0.2) is 9.75 Å². The van der Waals surface area contributed by atoms with Gasteiger partial charge in [0.2, 0.25) is 11.8 Å². The fourth-order valence-electron chi connectivity index (χ4n) is 7.48. The molecule has 4 amide bonds. The zero-order valence-corrected chi connectivity index (χ0v) is 25.8. The van der Waals surface area contributed by atoms with Crippen molar-refractivity contribution in [3.63, 3.8) is 0 Å². The third-order valence-electron chi connectivity index (χ3n) is 9.53. The highest BCUT2D eigenvalue weighted by atomic mass is 35.5. The zero-order chi connectivity index (χ0) is 32.0. The standard InChI is InChI=1S/C33H24Cl3FN2O6/c1-45-20-10-11-22(25(40)14-20)27-21-12-13-23-26(29(42)38(28(23)41)18-6-2-16(34)3-7-18)24(21)15-32(35)30(43)39(31(44)33(27,32)36)19-8-4-17(37)5-9-19/h2-12,14,23-24,26-27,40H,13,15H2,1H3. The van der Waals surface area contributed by atoms with Crippen LogP contribution in [0.5, 0.6) is 11.5 Å². The Balaban J connectivity index is 1.40. The van der Waals surface area contributed by atoms with E-state index in [1.165, 1.54) is 31.4 Å². The van der Waals surface area contributed by atoms with E-state index in [-0.39, 0.29) is 29.8 Å². The maximum atomic E-state index is 14.4. The lowest BCUT2D eigenvalue weighted by Crippen LogP contribution is -2.60. The number of phenols is 1. The van der Waals surface area contributed by atoms with Gasteiger partial charge in [-0.05, 0) is 73.4 Å². The van der Waals surface area contributed by atoms with Crippen LogP contribution in [0.4, 0.5) is 15.8 Å². The van der Waals surface area contributed by atoms with E-state index in [1.54, 1.807) is 36.4 Å². The summed E-state index contributed by atoms with van der Waals surface area (Å²) in [6.45, 7) is 0. The number of fused-ring (bicyclic) bond motifs is 4. The van der Waals surface area contributed by atoms with E-state index >= 15 is 0 Å². The summed E-state index contributed by atoms with van der Waals surface area (Å²) in [6.07, 6.45) is 1.69.